The Morgan fingerprint density at radius 2 is 2.06 bits per heavy atom. The van der Waals surface area contributed by atoms with Gasteiger partial charge < -0.3 is 15.0 Å². The number of benzene rings is 1. The Morgan fingerprint density at radius 1 is 1.27 bits per heavy atom. The minimum Gasteiger partial charge on any atom is -0.376 e. The first-order chi connectivity index (χ1) is 15.9. The molecule has 2 aromatic rings. The van der Waals surface area contributed by atoms with Gasteiger partial charge in [0.2, 0.25) is 5.03 Å². The summed E-state index contributed by atoms with van der Waals surface area (Å²) in [5, 5.41) is 7.58. The number of anilines is 1. The topological polar surface area (TPSA) is 96.8 Å². The van der Waals surface area contributed by atoms with Crippen molar-refractivity contribution in [1.82, 2.24) is 19.4 Å². The summed E-state index contributed by atoms with van der Waals surface area (Å²) in [7, 11) is -3.93. The van der Waals surface area contributed by atoms with Gasteiger partial charge in [-0.15, -0.1) is 0 Å². The van der Waals surface area contributed by atoms with Gasteiger partial charge in [-0.25, -0.2) is 8.42 Å². The van der Waals surface area contributed by atoms with E-state index in [1.807, 2.05) is 31.2 Å². The standard InChI is InChI=1S/C22H30ClN5O4S/c1-2-8-27-16-20(21(29)24-15-19-7-4-13-32-19)22(25-27)33(30,31)28-11-9-26(10-12-28)18-6-3-5-17(23)14-18/h3,5-6,14,16,19H,2,4,7-13,15H2,1H3,(H,24,29)/t19-/m0/s1. The fraction of sp³-hybridized carbons (Fsp3) is 0.545. The molecule has 0 spiro atoms. The van der Waals surface area contributed by atoms with Crippen LogP contribution >= 0.6 is 11.6 Å². The number of amides is 1. The van der Waals surface area contributed by atoms with Crippen molar-refractivity contribution in [3.05, 3.63) is 41.0 Å². The fourth-order valence-electron chi connectivity index (χ4n) is 4.18. The van der Waals surface area contributed by atoms with E-state index >= 15 is 0 Å². The van der Waals surface area contributed by atoms with Gasteiger partial charge in [0.1, 0.15) is 0 Å². The zero-order chi connectivity index (χ0) is 23.4. The summed E-state index contributed by atoms with van der Waals surface area (Å²) >= 11 is 6.10. The van der Waals surface area contributed by atoms with Crippen LogP contribution in [0.25, 0.3) is 0 Å². The van der Waals surface area contributed by atoms with E-state index in [-0.39, 0.29) is 16.7 Å². The molecule has 0 radical (unpaired) electrons. The van der Waals surface area contributed by atoms with Gasteiger partial charge >= 0.3 is 0 Å². The molecule has 33 heavy (non-hydrogen) atoms. The number of hydrogen-bond acceptors (Lipinski definition) is 6. The van der Waals surface area contributed by atoms with Crippen molar-refractivity contribution in [2.24, 2.45) is 0 Å². The van der Waals surface area contributed by atoms with Gasteiger partial charge in [0, 0.05) is 62.8 Å². The molecule has 2 fully saturated rings. The lowest BCUT2D eigenvalue weighted by Crippen LogP contribution is -2.49. The van der Waals surface area contributed by atoms with E-state index in [2.05, 4.69) is 15.3 Å². The number of nitrogens with one attached hydrogen (secondary N) is 1. The number of halogens is 1. The number of piperazine rings is 1. The Labute approximate surface area is 199 Å². The SMILES string of the molecule is CCCn1cc(C(=O)NC[C@@H]2CCCO2)c(S(=O)(=O)N2CCN(c3cccc(Cl)c3)CC2)n1. The molecule has 11 heteroatoms. The van der Waals surface area contributed by atoms with Gasteiger partial charge in [-0.3, -0.25) is 9.48 Å². The highest BCUT2D eigenvalue weighted by Crippen LogP contribution is 2.24. The van der Waals surface area contributed by atoms with Crippen molar-refractivity contribution < 1.29 is 17.9 Å². The second-order valence-corrected chi connectivity index (χ2v) is 10.6. The lowest BCUT2D eigenvalue weighted by atomic mass is 10.2. The molecule has 1 aromatic heterocycles. The first kappa shape index (κ1) is 24.0. The number of aromatic nitrogens is 2. The molecule has 0 unspecified atom stereocenters. The lowest BCUT2D eigenvalue weighted by Gasteiger charge is -2.35. The molecule has 9 nitrogen and oxygen atoms in total. The van der Waals surface area contributed by atoms with Crippen LogP contribution in [0.5, 0.6) is 0 Å². The zero-order valence-corrected chi connectivity index (χ0v) is 20.3. The smallest absolute Gasteiger partial charge is 0.263 e. The Kier molecular flexibility index (Phi) is 7.58. The summed E-state index contributed by atoms with van der Waals surface area (Å²) in [5.41, 5.74) is 1.04. The maximum Gasteiger partial charge on any atom is 0.263 e. The van der Waals surface area contributed by atoms with Gasteiger partial charge in [-0.1, -0.05) is 24.6 Å². The second-order valence-electron chi connectivity index (χ2n) is 8.33. The maximum atomic E-state index is 13.5. The van der Waals surface area contributed by atoms with Crippen LogP contribution in [-0.2, 0) is 21.3 Å². The molecular formula is C22H30ClN5O4S. The highest BCUT2D eigenvalue weighted by atomic mass is 35.5. The van der Waals surface area contributed by atoms with Crippen LogP contribution in [0.1, 0.15) is 36.5 Å². The van der Waals surface area contributed by atoms with Gasteiger partial charge in [0.15, 0.2) is 0 Å². The van der Waals surface area contributed by atoms with Crippen LogP contribution in [0.2, 0.25) is 5.02 Å². The second kappa shape index (κ2) is 10.4. The largest absolute Gasteiger partial charge is 0.376 e. The minimum atomic E-state index is -3.93. The van der Waals surface area contributed by atoms with Crippen LogP contribution in [0.15, 0.2) is 35.5 Å². The van der Waals surface area contributed by atoms with E-state index in [0.29, 0.717) is 50.9 Å². The predicted molar refractivity (Wildman–Crippen MR) is 126 cm³/mol. The van der Waals surface area contributed by atoms with Gasteiger partial charge in [0.25, 0.3) is 15.9 Å². The molecular weight excluding hydrogens is 466 g/mol. The number of carbonyl (C=O) groups is 1. The van der Waals surface area contributed by atoms with Gasteiger partial charge in [-0.2, -0.15) is 9.40 Å². The molecule has 0 saturated carbocycles. The molecule has 1 amide bonds. The number of sulfonamides is 1. The molecule has 4 rings (SSSR count). The average molecular weight is 496 g/mol. The summed E-state index contributed by atoms with van der Waals surface area (Å²) in [6, 6.07) is 7.51. The molecule has 2 aliphatic rings. The predicted octanol–water partition coefficient (Wildman–Crippen LogP) is 2.37. The molecule has 2 aliphatic heterocycles. The number of hydrogen-bond donors (Lipinski definition) is 1. The van der Waals surface area contributed by atoms with E-state index in [4.69, 9.17) is 16.3 Å². The number of ether oxygens (including phenoxy) is 1. The number of nitrogens with zero attached hydrogens (tertiary/aromatic N) is 4. The van der Waals surface area contributed by atoms with Crippen molar-refractivity contribution in [2.45, 2.75) is 43.9 Å². The molecule has 180 valence electrons. The average Bonchev–Trinajstić information content (AvgIpc) is 3.48. The third-order valence-electron chi connectivity index (χ3n) is 5.94. The maximum absolute atomic E-state index is 13.5. The van der Waals surface area contributed by atoms with Crippen molar-refractivity contribution in [3.63, 3.8) is 0 Å². The molecule has 0 bridgehead atoms. The molecule has 2 saturated heterocycles. The molecule has 3 heterocycles. The van der Waals surface area contributed by atoms with Crippen LogP contribution in [0.4, 0.5) is 5.69 Å². The molecule has 1 N–H and O–H groups in total. The summed E-state index contributed by atoms with van der Waals surface area (Å²) in [6.07, 6.45) is 4.13. The Morgan fingerprint density at radius 3 is 2.73 bits per heavy atom. The normalized spacial score (nSPS) is 19.7. The quantitative estimate of drug-likeness (QED) is 0.604. The minimum absolute atomic E-state index is 0.0285. The Bertz CT molecular complexity index is 1080. The molecule has 1 atom stereocenters. The zero-order valence-electron chi connectivity index (χ0n) is 18.7. The monoisotopic (exact) mass is 495 g/mol. The van der Waals surface area contributed by atoms with Crippen molar-refractivity contribution >= 4 is 33.2 Å². The van der Waals surface area contributed by atoms with Crippen molar-refractivity contribution in [1.29, 1.82) is 0 Å². The fourth-order valence-corrected chi connectivity index (χ4v) is 5.89. The van der Waals surface area contributed by atoms with Gasteiger partial charge in [-0.05, 0) is 37.5 Å². The third-order valence-corrected chi connectivity index (χ3v) is 8.01. The van der Waals surface area contributed by atoms with E-state index in [0.717, 1.165) is 24.9 Å². The van der Waals surface area contributed by atoms with Crippen LogP contribution < -0.4 is 10.2 Å². The van der Waals surface area contributed by atoms with Crippen molar-refractivity contribution in [2.75, 3.05) is 44.2 Å². The highest BCUT2D eigenvalue weighted by Gasteiger charge is 2.35. The van der Waals surface area contributed by atoms with Crippen molar-refractivity contribution in [3.8, 4) is 0 Å². The van der Waals surface area contributed by atoms with Crippen LogP contribution in [0, 0.1) is 0 Å². The van der Waals surface area contributed by atoms with E-state index in [9.17, 15) is 13.2 Å². The number of aryl methyl sites for hydroxylation is 1. The summed E-state index contributed by atoms with van der Waals surface area (Å²) < 4.78 is 35.5. The molecule has 1 aromatic carbocycles. The number of rotatable bonds is 8. The van der Waals surface area contributed by atoms with Crippen LogP contribution in [0.3, 0.4) is 0 Å². The van der Waals surface area contributed by atoms with E-state index in [1.165, 1.54) is 15.2 Å². The highest BCUT2D eigenvalue weighted by molar-refractivity contribution is 7.89. The summed E-state index contributed by atoms with van der Waals surface area (Å²) in [5.74, 6) is -0.441. The first-order valence-corrected chi connectivity index (χ1v) is 13.2. The van der Waals surface area contributed by atoms with E-state index < -0.39 is 15.9 Å². The third kappa shape index (κ3) is 5.51. The summed E-state index contributed by atoms with van der Waals surface area (Å²) in [4.78, 5) is 15.0. The Hall–Kier alpha value is -2.14. The lowest BCUT2D eigenvalue weighted by molar-refractivity contribution is 0.0855. The molecule has 0 aliphatic carbocycles. The Balaban J connectivity index is 1.49. The first-order valence-electron chi connectivity index (χ1n) is 11.4. The van der Waals surface area contributed by atoms with E-state index in [1.54, 1.807) is 0 Å². The van der Waals surface area contributed by atoms with Gasteiger partial charge in [0.05, 0.1) is 11.7 Å². The summed E-state index contributed by atoms with van der Waals surface area (Å²) in [6.45, 7) is 5.20. The number of carbonyl (C=O) groups excluding carboxylic acids is 1. The van der Waals surface area contributed by atoms with Crippen LogP contribution in [-0.4, -0.2) is 73.8 Å².